The summed E-state index contributed by atoms with van der Waals surface area (Å²) >= 11 is 5.94. The lowest BCUT2D eigenvalue weighted by Gasteiger charge is -2.26. The molecule has 30 heavy (non-hydrogen) atoms. The minimum atomic E-state index is -0.705. The van der Waals surface area contributed by atoms with Crippen molar-refractivity contribution in [2.45, 2.75) is 32.2 Å². The average molecular weight is 428 g/mol. The van der Waals surface area contributed by atoms with Gasteiger partial charge in [0.25, 0.3) is 11.7 Å². The molecule has 2 aromatic rings. The number of hydrogen-bond acceptors (Lipinski definition) is 4. The summed E-state index contributed by atoms with van der Waals surface area (Å²) in [6.45, 7) is 6.88. The number of ether oxygens (including phenoxy) is 1. The second-order valence-corrected chi connectivity index (χ2v) is 8.80. The van der Waals surface area contributed by atoms with Gasteiger partial charge in [0.05, 0.1) is 18.2 Å². The Morgan fingerprint density at radius 1 is 1.07 bits per heavy atom. The van der Waals surface area contributed by atoms with E-state index in [9.17, 15) is 14.7 Å². The van der Waals surface area contributed by atoms with Gasteiger partial charge in [0.15, 0.2) is 0 Å². The fourth-order valence-electron chi connectivity index (χ4n) is 3.58. The van der Waals surface area contributed by atoms with E-state index in [1.807, 2.05) is 24.3 Å². The second kappa shape index (κ2) is 8.62. The average Bonchev–Trinajstić information content (AvgIpc) is 2.96. The van der Waals surface area contributed by atoms with Gasteiger partial charge >= 0.3 is 0 Å². The van der Waals surface area contributed by atoms with Crippen molar-refractivity contribution in [3.05, 3.63) is 75.8 Å². The number of aliphatic hydroxyl groups is 1. The first-order valence-electron chi connectivity index (χ1n) is 9.79. The number of rotatable bonds is 5. The van der Waals surface area contributed by atoms with Gasteiger partial charge in [-0.25, -0.2) is 0 Å². The number of carbonyl (C=O) groups excluding carboxylic acids is 2. The largest absolute Gasteiger partial charge is 0.507 e. The van der Waals surface area contributed by atoms with Crippen molar-refractivity contribution in [3.8, 4) is 0 Å². The molecule has 0 radical (unpaired) electrons. The minimum absolute atomic E-state index is 0.0281. The number of carbonyl (C=O) groups is 2. The Kier molecular flexibility index (Phi) is 6.34. The quantitative estimate of drug-likeness (QED) is 0.426. The molecule has 1 atom stereocenters. The Morgan fingerprint density at radius 3 is 2.20 bits per heavy atom. The summed E-state index contributed by atoms with van der Waals surface area (Å²) in [6.07, 6.45) is 0. The van der Waals surface area contributed by atoms with Crippen LogP contribution in [-0.2, 0) is 19.7 Å². The SMILES string of the molecule is COCCN1C(=O)C(=O)/C(=C(/O)c2ccc(Cl)cc2)[C@H]1c1ccc(C(C)(C)C)cc1. The summed E-state index contributed by atoms with van der Waals surface area (Å²) in [7, 11) is 1.54. The number of benzene rings is 2. The van der Waals surface area contributed by atoms with Gasteiger partial charge in [-0.1, -0.05) is 56.6 Å². The molecule has 0 bridgehead atoms. The van der Waals surface area contributed by atoms with Crippen LogP contribution in [0, 0.1) is 0 Å². The topological polar surface area (TPSA) is 66.8 Å². The van der Waals surface area contributed by atoms with Crippen LogP contribution in [0.1, 0.15) is 43.5 Å². The molecule has 1 heterocycles. The Hall–Kier alpha value is -2.63. The molecule has 1 fully saturated rings. The highest BCUT2D eigenvalue weighted by Gasteiger charge is 2.45. The van der Waals surface area contributed by atoms with Crippen LogP contribution in [0.2, 0.25) is 5.02 Å². The molecule has 0 spiro atoms. The number of Topliss-reactive ketones (excluding diaryl/α,β-unsaturated/α-hetero) is 1. The molecule has 0 aliphatic carbocycles. The molecule has 3 rings (SSSR count). The van der Waals surface area contributed by atoms with Gasteiger partial charge in [-0.3, -0.25) is 9.59 Å². The number of halogens is 1. The van der Waals surface area contributed by atoms with E-state index in [1.54, 1.807) is 24.3 Å². The first-order valence-corrected chi connectivity index (χ1v) is 10.2. The van der Waals surface area contributed by atoms with Crippen molar-refractivity contribution in [1.29, 1.82) is 0 Å². The number of nitrogens with zero attached hydrogens (tertiary/aromatic N) is 1. The molecule has 1 aliphatic heterocycles. The van der Waals surface area contributed by atoms with E-state index < -0.39 is 17.7 Å². The van der Waals surface area contributed by atoms with E-state index in [4.69, 9.17) is 16.3 Å². The van der Waals surface area contributed by atoms with Gasteiger partial charge in [-0.2, -0.15) is 0 Å². The number of aliphatic hydroxyl groups excluding tert-OH is 1. The third-order valence-corrected chi connectivity index (χ3v) is 5.54. The lowest BCUT2D eigenvalue weighted by Crippen LogP contribution is -2.32. The predicted octanol–water partition coefficient (Wildman–Crippen LogP) is 4.71. The van der Waals surface area contributed by atoms with Crippen molar-refractivity contribution in [2.24, 2.45) is 0 Å². The maximum absolute atomic E-state index is 12.9. The Bertz CT molecular complexity index is 972. The van der Waals surface area contributed by atoms with Crippen LogP contribution < -0.4 is 0 Å². The van der Waals surface area contributed by atoms with Crippen molar-refractivity contribution < 1.29 is 19.4 Å². The third-order valence-electron chi connectivity index (χ3n) is 5.29. The standard InChI is InChI=1S/C24H26ClNO4/c1-24(2,3)17-9-5-15(6-10-17)20-19(21(27)16-7-11-18(25)12-8-16)22(28)23(29)26(20)13-14-30-4/h5-12,20,27H,13-14H2,1-4H3/b21-19+/t20-/m1/s1. The number of ketones is 1. The first kappa shape index (κ1) is 22.1. The van der Waals surface area contributed by atoms with Crippen LogP contribution in [0.15, 0.2) is 54.1 Å². The van der Waals surface area contributed by atoms with Crippen LogP contribution in [0.5, 0.6) is 0 Å². The second-order valence-electron chi connectivity index (χ2n) is 8.36. The summed E-state index contributed by atoms with van der Waals surface area (Å²) in [5.74, 6) is -1.56. The van der Waals surface area contributed by atoms with Gasteiger partial charge in [-0.15, -0.1) is 0 Å². The van der Waals surface area contributed by atoms with Crippen LogP contribution in [0.3, 0.4) is 0 Å². The molecule has 0 aromatic heterocycles. The summed E-state index contributed by atoms with van der Waals surface area (Å²) in [5, 5.41) is 11.5. The Balaban J connectivity index is 2.13. The zero-order valence-electron chi connectivity index (χ0n) is 17.6. The molecule has 0 saturated carbocycles. The molecule has 1 N–H and O–H groups in total. The van der Waals surface area contributed by atoms with Crippen LogP contribution in [-0.4, -0.2) is 42.0 Å². The van der Waals surface area contributed by atoms with Crippen molar-refractivity contribution >= 4 is 29.1 Å². The zero-order valence-corrected chi connectivity index (χ0v) is 18.4. The highest BCUT2D eigenvalue weighted by molar-refractivity contribution is 6.46. The smallest absolute Gasteiger partial charge is 0.295 e. The van der Waals surface area contributed by atoms with Gasteiger partial charge in [0.2, 0.25) is 0 Å². The molecule has 2 aromatic carbocycles. The highest BCUT2D eigenvalue weighted by Crippen LogP contribution is 2.39. The fourth-order valence-corrected chi connectivity index (χ4v) is 3.70. The molecule has 1 aliphatic rings. The van der Waals surface area contributed by atoms with E-state index >= 15 is 0 Å². The van der Waals surface area contributed by atoms with E-state index in [2.05, 4.69) is 20.8 Å². The molecule has 5 nitrogen and oxygen atoms in total. The maximum atomic E-state index is 12.9. The van der Waals surface area contributed by atoms with Crippen LogP contribution in [0.4, 0.5) is 0 Å². The zero-order chi connectivity index (χ0) is 22.1. The maximum Gasteiger partial charge on any atom is 0.295 e. The Morgan fingerprint density at radius 2 is 1.67 bits per heavy atom. The lowest BCUT2D eigenvalue weighted by molar-refractivity contribution is -0.140. The predicted molar refractivity (Wildman–Crippen MR) is 117 cm³/mol. The first-order chi connectivity index (χ1) is 14.1. The number of likely N-dealkylation sites (tertiary alicyclic amines) is 1. The van der Waals surface area contributed by atoms with E-state index in [0.717, 1.165) is 11.1 Å². The normalized spacial score (nSPS) is 18.8. The molecule has 1 amide bonds. The highest BCUT2D eigenvalue weighted by atomic mass is 35.5. The summed E-state index contributed by atoms with van der Waals surface area (Å²) in [5.41, 5.74) is 2.37. The van der Waals surface area contributed by atoms with Crippen LogP contribution in [0.25, 0.3) is 5.76 Å². The third kappa shape index (κ3) is 4.27. The van der Waals surface area contributed by atoms with Crippen LogP contribution >= 0.6 is 11.6 Å². The summed E-state index contributed by atoms with van der Waals surface area (Å²) in [6, 6.07) is 13.6. The summed E-state index contributed by atoms with van der Waals surface area (Å²) < 4.78 is 5.13. The van der Waals surface area contributed by atoms with Gasteiger partial charge in [0, 0.05) is 24.2 Å². The molecule has 158 valence electrons. The van der Waals surface area contributed by atoms with E-state index in [0.29, 0.717) is 10.6 Å². The molecule has 6 heteroatoms. The molecular formula is C24H26ClNO4. The van der Waals surface area contributed by atoms with Gasteiger partial charge in [-0.05, 0) is 40.8 Å². The van der Waals surface area contributed by atoms with E-state index in [-0.39, 0.29) is 29.9 Å². The van der Waals surface area contributed by atoms with Gasteiger partial charge in [0.1, 0.15) is 5.76 Å². The Labute approximate surface area is 181 Å². The number of methoxy groups -OCH3 is 1. The lowest BCUT2D eigenvalue weighted by atomic mass is 9.85. The minimum Gasteiger partial charge on any atom is -0.507 e. The molecule has 0 unspecified atom stereocenters. The van der Waals surface area contributed by atoms with E-state index in [1.165, 1.54) is 12.0 Å². The van der Waals surface area contributed by atoms with Crippen molar-refractivity contribution in [1.82, 2.24) is 4.90 Å². The van der Waals surface area contributed by atoms with Crippen molar-refractivity contribution in [2.75, 3.05) is 20.3 Å². The number of amides is 1. The fraction of sp³-hybridized carbons (Fsp3) is 0.333. The number of hydrogen-bond donors (Lipinski definition) is 1. The molecular weight excluding hydrogens is 402 g/mol. The summed E-state index contributed by atoms with van der Waals surface area (Å²) in [4.78, 5) is 27.1. The monoisotopic (exact) mass is 427 g/mol. The van der Waals surface area contributed by atoms with Crippen molar-refractivity contribution in [3.63, 3.8) is 0 Å². The molecule has 1 saturated heterocycles. The van der Waals surface area contributed by atoms with Gasteiger partial charge < -0.3 is 14.7 Å².